The van der Waals surface area contributed by atoms with Crippen molar-refractivity contribution in [3.8, 4) is 16.9 Å². The van der Waals surface area contributed by atoms with Crippen molar-refractivity contribution in [1.29, 1.82) is 0 Å². The number of rotatable bonds is 8. The van der Waals surface area contributed by atoms with E-state index in [4.69, 9.17) is 4.74 Å². The molecule has 0 saturated carbocycles. The molecule has 0 aromatic heterocycles. The molecule has 0 spiro atoms. The van der Waals surface area contributed by atoms with Crippen LogP contribution >= 0.6 is 0 Å². The van der Waals surface area contributed by atoms with E-state index in [1.165, 1.54) is 12.1 Å². The Hall–Kier alpha value is -3.69. The lowest BCUT2D eigenvalue weighted by molar-refractivity contribution is -0.140. The smallest absolute Gasteiger partial charge is 0.322 e. The molecule has 1 unspecified atom stereocenters. The number of sulfonamides is 1. The Balaban J connectivity index is 1.42. The molecule has 3 aromatic rings. The predicted octanol–water partition coefficient (Wildman–Crippen LogP) is 3.65. The molecule has 1 atom stereocenters. The van der Waals surface area contributed by atoms with Crippen LogP contribution in [0.3, 0.4) is 0 Å². The molecule has 1 fully saturated rings. The molecule has 3 aromatic carbocycles. The zero-order valence-corrected chi connectivity index (χ0v) is 20.6. The van der Waals surface area contributed by atoms with Crippen molar-refractivity contribution >= 4 is 21.9 Å². The van der Waals surface area contributed by atoms with Gasteiger partial charge in [-0.05, 0) is 66.3 Å². The molecule has 8 nitrogen and oxygen atoms in total. The molecule has 1 heterocycles. The van der Waals surface area contributed by atoms with Crippen molar-refractivity contribution in [1.82, 2.24) is 9.62 Å². The summed E-state index contributed by atoms with van der Waals surface area (Å²) < 4.78 is 33.6. The number of carbonyl (C=O) groups is 2. The van der Waals surface area contributed by atoms with E-state index in [1.54, 1.807) is 48.4 Å². The molecular weight excluding hydrogens is 480 g/mol. The molecule has 1 aliphatic rings. The van der Waals surface area contributed by atoms with Gasteiger partial charge < -0.3 is 14.7 Å². The fourth-order valence-electron chi connectivity index (χ4n) is 4.39. The van der Waals surface area contributed by atoms with Crippen LogP contribution in [-0.4, -0.2) is 56.5 Å². The van der Waals surface area contributed by atoms with Gasteiger partial charge in [-0.15, -0.1) is 0 Å². The quantitative estimate of drug-likeness (QED) is 0.480. The van der Waals surface area contributed by atoms with E-state index in [9.17, 15) is 23.1 Å². The highest BCUT2D eigenvalue weighted by molar-refractivity contribution is 7.89. The number of nitrogens with one attached hydrogen (secondary N) is 1. The Labute approximate surface area is 210 Å². The number of ether oxygens (including phenoxy) is 1. The minimum absolute atomic E-state index is 0.0114. The van der Waals surface area contributed by atoms with Crippen LogP contribution in [0.25, 0.3) is 11.1 Å². The maximum Gasteiger partial charge on any atom is 0.322 e. The molecule has 1 saturated heterocycles. The van der Waals surface area contributed by atoms with E-state index in [-0.39, 0.29) is 10.8 Å². The van der Waals surface area contributed by atoms with Crippen molar-refractivity contribution in [3.63, 3.8) is 0 Å². The highest BCUT2D eigenvalue weighted by atomic mass is 32.2. The molecule has 0 bridgehead atoms. The molecule has 0 aliphatic carbocycles. The lowest BCUT2D eigenvalue weighted by Gasteiger charge is -2.34. The lowest BCUT2D eigenvalue weighted by atomic mass is 9.89. The molecular formula is C27H28N2O6S. The van der Waals surface area contributed by atoms with E-state index in [1.807, 2.05) is 30.3 Å². The maximum absolute atomic E-state index is 13.0. The number of methoxy groups -OCH3 is 1. The Morgan fingerprint density at radius 3 is 2.00 bits per heavy atom. The monoisotopic (exact) mass is 508 g/mol. The lowest BCUT2D eigenvalue weighted by Crippen LogP contribution is -2.50. The van der Waals surface area contributed by atoms with Crippen molar-refractivity contribution in [2.75, 3.05) is 20.2 Å². The molecule has 9 heteroatoms. The fourth-order valence-corrected chi connectivity index (χ4v) is 5.65. The third kappa shape index (κ3) is 5.75. The first-order chi connectivity index (χ1) is 17.3. The number of hydrogen-bond acceptors (Lipinski definition) is 5. The van der Waals surface area contributed by atoms with E-state index < -0.39 is 28.0 Å². The van der Waals surface area contributed by atoms with E-state index >= 15 is 0 Å². The number of hydrogen-bond donors (Lipinski definition) is 2. The van der Waals surface area contributed by atoms with Crippen molar-refractivity contribution in [3.05, 3.63) is 84.4 Å². The second-order valence-electron chi connectivity index (χ2n) is 8.69. The first-order valence-electron chi connectivity index (χ1n) is 11.6. The molecule has 2 N–H and O–H groups in total. The number of benzene rings is 3. The van der Waals surface area contributed by atoms with Crippen LogP contribution in [0.1, 0.15) is 23.2 Å². The van der Waals surface area contributed by atoms with Gasteiger partial charge in [0.25, 0.3) is 5.91 Å². The standard InChI is InChI=1S/C27H28N2O6S/c1-35-23-11-7-19(8-12-23)20-9-13-24(14-10-20)36(33,34)28-25(27(31)32)21-15-17-29(18-16-21)26(30)22-5-3-2-4-6-22/h2-14,21,25,28H,15-18H2,1H3,(H,31,32). The summed E-state index contributed by atoms with van der Waals surface area (Å²) in [6.45, 7) is 0.723. The van der Waals surface area contributed by atoms with Crippen LogP contribution in [0.15, 0.2) is 83.8 Å². The average molecular weight is 509 g/mol. The number of carboxylic acid groups (broad SMARTS) is 1. The average Bonchev–Trinajstić information content (AvgIpc) is 2.92. The fraction of sp³-hybridized carbons (Fsp3) is 0.259. The minimum atomic E-state index is -4.07. The molecule has 188 valence electrons. The van der Waals surface area contributed by atoms with Gasteiger partial charge in [0, 0.05) is 18.7 Å². The Bertz CT molecular complexity index is 1300. The summed E-state index contributed by atoms with van der Waals surface area (Å²) in [5.41, 5.74) is 2.29. The predicted molar refractivity (Wildman–Crippen MR) is 135 cm³/mol. The highest BCUT2D eigenvalue weighted by Crippen LogP contribution is 2.26. The number of amides is 1. The summed E-state index contributed by atoms with van der Waals surface area (Å²) in [5, 5.41) is 9.81. The van der Waals surface area contributed by atoms with Gasteiger partial charge in [0.1, 0.15) is 11.8 Å². The summed E-state index contributed by atoms with van der Waals surface area (Å²) in [7, 11) is -2.48. The Morgan fingerprint density at radius 2 is 1.47 bits per heavy atom. The van der Waals surface area contributed by atoms with Gasteiger partial charge in [0.05, 0.1) is 12.0 Å². The number of carbonyl (C=O) groups excluding carboxylic acids is 1. The van der Waals surface area contributed by atoms with Crippen LogP contribution in [-0.2, 0) is 14.8 Å². The van der Waals surface area contributed by atoms with Gasteiger partial charge in [-0.25, -0.2) is 8.42 Å². The third-order valence-corrected chi connectivity index (χ3v) is 7.91. The van der Waals surface area contributed by atoms with Crippen LogP contribution in [0, 0.1) is 5.92 Å². The highest BCUT2D eigenvalue weighted by Gasteiger charge is 2.36. The minimum Gasteiger partial charge on any atom is -0.497 e. The van der Waals surface area contributed by atoms with E-state index in [2.05, 4.69) is 4.72 Å². The van der Waals surface area contributed by atoms with Gasteiger partial charge in [0.2, 0.25) is 10.0 Å². The SMILES string of the molecule is COc1ccc(-c2ccc(S(=O)(=O)NC(C(=O)O)C3CCN(C(=O)c4ccccc4)CC3)cc2)cc1. The molecule has 0 radical (unpaired) electrons. The second kappa shape index (κ2) is 10.9. The number of carboxylic acids is 1. The zero-order chi connectivity index (χ0) is 25.7. The largest absolute Gasteiger partial charge is 0.497 e. The molecule has 1 amide bonds. The van der Waals surface area contributed by atoms with E-state index in [0.29, 0.717) is 31.5 Å². The van der Waals surface area contributed by atoms with Gasteiger partial charge in [-0.1, -0.05) is 42.5 Å². The zero-order valence-electron chi connectivity index (χ0n) is 19.8. The van der Waals surface area contributed by atoms with Crippen LogP contribution in [0.4, 0.5) is 0 Å². The number of nitrogens with zero attached hydrogens (tertiary/aromatic N) is 1. The molecule has 4 rings (SSSR count). The summed E-state index contributed by atoms with van der Waals surface area (Å²) in [6, 6.07) is 21.3. The first kappa shape index (κ1) is 25.4. The van der Waals surface area contributed by atoms with E-state index in [0.717, 1.165) is 16.9 Å². The Kier molecular flexibility index (Phi) is 7.71. The summed E-state index contributed by atoms with van der Waals surface area (Å²) in [4.78, 5) is 26.4. The van der Waals surface area contributed by atoms with Gasteiger partial charge >= 0.3 is 5.97 Å². The molecule has 1 aliphatic heterocycles. The van der Waals surface area contributed by atoms with Gasteiger partial charge in [0.15, 0.2) is 0 Å². The van der Waals surface area contributed by atoms with Crippen molar-refractivity contribution < 1.29 is 27.9 Å². The number of piperidine rings is 1. The first-order valence-corrected chi connectivity index (χ1v) is 13.1. The summed E-state index contributed by atoms with van der Waals surface area (Å²) >= 11 is 0. The van der Waals surface area contributed by atoms with Gasteiger partial charge in [-0.2, -0.15) is 4.72 Å². The normalized spacial score (nSPS) is 15.3. The molecule has 36 heavy (non-hydrogen) atoms. The topological polar surface area (TPSA) is 113 Å². The van der Waals surface area contributed by atoms with Gasteiger partial charge in [-0.3, -0.25) is 9.59 Å². The number of aliphatic carboxylic acids is 1. The number of likely N-dealkylation sites (tertiary alicyclic amines) is 1. The van der Waals surface area contributed by atoms with Crippen LogP contribution < -0.4 is 9.46 Å². The van der Waals surface area contributed by atoms with Crippen LogP contribution in [0.2, 0.25) is 0 Å². The maximum atomic E-state index is 13.0. The van der Waals surface area contributed by atoms with Crippen molar-refractivity contribution in [2.45, 2.75) is 23.8 Å². The second-order valence-corrected chi connectivity index (χ2v) is 10.4. The summed E-state index contributed by atoms with van der Waals surface area (Å²) in [5.74, 6) is -1.06. The van der Waals surface area contributed by atoms with Crippen molar-refractivity contribution in [2.24, 2.45) is 5.92 Å². The van der Waals surface area contributed by atoms with Crippen LogP contribution in [0.5, 0.6) is 5.75 Å². The third-order valence-electron chi connectivity index (χ3n) is 6.46. The summed E-state index contributed by atoms with van der Waals surface area (Å²) in [6.07, 6.45) is 0.767. The Morgan fingerprint density at radius 1 is 0.917 bits per heavy atom.